The highest BCUT2D eigenvalue weighted by atomic mass is 35.5. The predicted octanol–water partition coefficient (Wildman–Crippen LogP) is 1.93. The van der Waals surface area contributed by atoms with Crippen molar-refractivity contribution in [3.63, 3.8) is 0 Å². The first-order valence-electron chi connectivity index (χ1n) is 6.46. The molecule has 23 heavy (non-hydrogen) atoms. The summed E-state index contributed by atoms with van der Waals surface area (Å²) in [6, 6.07) is 3.61. The molecule has 1 aromatic rings. The van der Waals surface area contributed by atoms with Crippen molar-refractivity contribution in [2.45, 2.75) is 23.8 Å². The van der Waals surface area contributed by atoms with Crippen LogP contribution in [0, 0.1) is 5.92 Å². The Hall–Kier alpha value is -1.35. The van der Waals surface area contributed by atoms with Crippen LogP contribution in [-0.2, 0) is 19.6 Å². The summed E-state index contributed by atoms with van der Waals surface area (Å²) in [7, 11) is -4.28. The average Bonchev–Trinajstić information content (AvgIpc) is 2.77. The summed E-state index contributed by atoms with van der Waals surface area (Å²) in [5.41, 5.74) is -2.10. The molecule has 2 atom stereocenters. The predicted molar refractivity (Wildman–Crippen MR) is 82.1 cm³/mol. The number of hydrogen-bond acceptors (Lipinski definition) is 4. The Kier molecular flexibility index (Phi) is 4.64. The first-order chi connectivity index (χ1) is 10.5. The molecule has 1 aliphatic rings. The van der Waals surface area contributed by atoms with Gasteiger partial charge < -0.3 is 10.2 Å². The van der Waals surface area contributed by atoms with Gasteiger partial charge in [0.15, 0.2) is 0 Å². The maximum atomic E-state index is 12.8. The fourth-order valence-corrected chi connectivity index (χ4v) is 5.24. The van der Waals surface area contributed by atoms with Crippen LogP contribution in [0.15, 0.2) is 23.1 Å². The van der Waals surface area contributed by atoms with Crippen LogP contribution in [0.2, 0.25) is 10.0 Å². The van der Waals surface area contributed by atoms with Crippen molar-refractivity contribution in [3.05, 3.63) is 28.2 Å². The highest BCUT2D eigenvalue weighted by molar-refractivity contribution is 7.89. The molecule has 2 rings (SSSR count). The number of aliphatic carboxylic acids is 2. The molecular formula is C13H13Cl2NO6S. The van der Waals surface area contributed by atoms with Crippen LogP contribution in [0.4, 0.5) is 0 Å². The minimum absolute atomic E-state index is 0.0714. The summed E-state index contributed by atoms with van der Waals surface area (Å²) in [4.78, 5) is 22.7. The topological polar surface area (TPSA) is 112 Å². The molecule has 0 saturated carbocycles. The van der Waals surface area contributed by atoms with Crippen molar-refractivity contribution in [1.29, 1.82) is 0 Å². The monoisotopic (exact) mass is 381 g/mol. The van der Waals surface area contributed by atoms with Gasteiger partial charge in [0.05, 0.1) is 10.8 Å². The van der Waals surface area contributed by atoms with E-state index in [9.17, 15) is 28.2 Å². The maximum Gasteiger partial charge on any atom is 0.325 e. The van der Waals surface area contributed by atoms with E-state index in [0.717, 1.165) is 19.1 Å². The van der Waals surface area contributed by atoms with Gasteiger partial charge in [-0.2, -0.15) is 4.31 Å². The van der Waals surface area contributed by atoms with E-state index in [2.05, 4.69) is 0 Å². The van der Waals surface area contributed by atoms with Crippen molar-refractivity contribution < 1.29 is 28.2 Å². The Morgan fingerprint density at radius 3 is 2.17 bits per heavy atom. The molecule has 0 radical (unpaired) electrons. The minimum atomic E-state index is -4.28. The highest BCUT2D eigenvalue weighted by Crippen LogP contribution is 2.40. The molecule has 1 fully saturated rings. The molecule has 2 unspecified atom stereocenters. The lowest BCUT2D eigenvalue weighted by molar-refractivity contribution is -0.156. The zero-order chi connectivity index (χ0) is 17.6. The Morgan fingerprint density at radius 1 is 1.22 bits per heavy atom. The molecule has 1 heterocycles. The molecular weight excluding hydrogens is 369 g/mol. The number of carboxylic acid groups (broad SMARTS) is 2. The number of rotatable bonds is 4. The smallest absolute Gasteiger partial charge is 0.325 e. The Morgan fingerprint density at radius 2 is 1.74 bits per heavy atom. The lowest BCUT2D eigenvalue weighted by Gasteiger charge is -2.32. The molecule has 1 aromatic carbocycles. The van der Waals surface area contributed by atoms with Gasteiger partial charge in [-0.3, -0.25) is 9.59 Å². The molecule has 126 valence electrons. The van der Waals surface area contributed by atoms with Crippen LogP contribution in [0.25, 0.3) is 0 Å². The zero-order valence-electron chi connectivity index (χ0n) is 11.9. The van der Waals surface area contributed by atoms with Gasteiger partial charge in [0, 0.05) is 16.6 Å². The molecule has 0 aromatic heterocycles. The summed E-state index contributed by atoms with van der Waals surface area (Å²) < 4.78 is 26.2. The third kappa shape index (κ3) is 2.91. The van der Waals surface area contributed by atoms with Crippen LogP contribution < -0.4 is 0 Å². The van der Waals surface area contributed by atoms with Gasteiger partial charge in [-0.1, -0.05) is 23.2 Å². The normalized spacial score (nSPS) is 25.4. The maximum absolute atomic E-state index is 12.8. The first-order valence-corrected chi connectivity index (χ1v) is 8.66. The van der Waals surface area contributed by atoms with Crippen LogP contribution >= 0.6 is 23.2 Å². The van der Waals surface area contributed by atoms with Crippen LogP contribution in [-0.4, -0.2) is 47.0 Å². The molecule has 0 spiro atoms. The second-order valence-corrected chi connectivity index (χ2v) is 8.05. The molecule has 0 amide bonds. The van der Waals surface area contributed by atoms with E-state index in [1.54, 1.807) is 0 Å². The third-order valence-electron chi connectivity index (χ3n) is 3.97. The number of carbonyl (C=O) groups is 2. The lowest BCUT2D eigenvalue weighted by atomic mass is 9.87. The Bertz CT molecular complexity index is 760. The summed E-state index contributed by atoms with van der Waals surface area (Å²) in [5, 5.41) is 18.8. The number of hydrogen-bond donors (Lipinski definition) is 2. The Balaban J connectivity index is 2.59. The van der Waals surface area contributed by atoms with Gasteiger partial charge >= 0.3 is 11.9 Å². The lowest BCUT2D eigenvalue weighted by Crippen LogP contribution is -2.55. The summed E-state index contributed by atoms with van der Waals surface area (Å²) in [5.74, 6) is -4.25. The number of halogens is 2. The van der Waals surface area contributed by atoms with Crippen molar-refractivity contribution in [3.8, 4) is 0 Å². The summed E-state index contributed by atoms with van der Waals surface area (Å²) >= 11 is 11.6. The Labute approximate surface area is 142 Å². The second-order valence-electron chi connectivity index (χ2n) is 5.31. The van der Waals surface area contributed by atoms with E-state index in [0.29, 0.717) is 4.31 Å². The van der Waals surface area contributed by atoms with E-state index in [4.69, 9.17) is 23.2 Å². The van der Waals surface area contributed by atoms with E-state index >= 15 is 0 Å². The van der Waals surface area contributed by atoms with Crippen LogP contribution in [0.1, 0.15) is 13.3 Å². The van der Waals surface area contributed by atoms with Crippen molar-refractivity contribution in [2.75, 3.05) is 6.54 Å². The minimum Gasteiger partial charge on any atom is -0.481 e. The van der Waals surface area contributed by atoms with Crippen molar-refractivity contribution >= 4 is 45.2 Å². The number of benzene rings is 1. The molecule has 10 heteroatoms. The van der Waals surface area contributed by atoms with Crippen LogP contribution in [0.5, 0.6) is 0 Å². The third-order valence-corrected chi connectivity index (χ3v) is 6.38. The molecule has 1 saturated heterocycles. The summed E-state index contributed by atoms with van der Waals surface area (Å²) in [6.45, 7) is 0.858. The zero-order valence-corrected chi connectivity index (χ0v) is 14.2. The van der Waals surface area contributed by atoms with Gasteiger partial charge in [-0.25, -0.2) is 8.42 Å². The van der Waals surface area contributed by atoms with Crippen molar-refractivity contribution in [1.82, 2.24) is 4.31 Å². The van der Waals surface area contributed by atoms with Gasteiger partial charge in [-0.15, -0.1) is 0 Å². The number of nitrogens with zero attached hydrogens (tertiary/aromatic N) is 1. The van der Waals surface area contributed by atoms with Gasteiger partial charge in [-0.05, 0) is 31.5 Å². The standard InChI is InChI=1S/C13H13Cl2NO6S/c1-13(12(19)20)10(11(17)18)2-3-16(13)23(21,22)9-5-7(14)4-8(15)6-9/h4-6,10H,2-3H2,1H3,(H,17,18)(H,19,20). The SMILES string of the molecule is CC1(C(=O)O)C(C(=O)O)CCN1S(=O)(=O)c1cc(Cl)cc(Cl)c1. The van der Waals surface area contributed by atoms with E-state index < -0.39 is 33.4 Å². The molecule has 2 N–H and O–H groups in total. The van der Waals surface area contributed by atoms with Crippen molar-refractivity contribution in [2.24, 2.45) is 5.92 Å². The summed E-state index contributed by atoms with van der Waals surface area (Å²) in [6.07, 6.45) is -0.105. The molecule has 0 bridgehead atoms. The number of carboxylic acids is 2. The van der Waals surface area contributed by atoms with Gasteiger partial charge in [0.25, 0.3) is 0 Å². The molecule has 0 aliphatic carbocycles. The van der Waals surface area contributed by atoms with E-state index in [-0.39, 0.29) is 27.9 Å². The van der Waals surface area contributed by atoms with Crippen LogP contribution in [0.3, 0.4) is 0 Å². The van der Waals surface area contributed by atoms with Gasteiger partial charge in [0.1, 0.15) is 5.54 Å². The fraction of sp³-hybridized carbons (Fsp3) is 0.385. The largest absolute Gasteiger partial charge is 0.481 e. The average molecular weight is 382 g/mol. The van der Waals surface area contributed by atoms with Gasteiger partial charge in [0.2, 0.25) is 10.0 Å². The first kappa shape index (κ1) is 18.0. The quantitative estimate of drug-likeness (QED) is 0.823. The fourth-order valence-electron chi connectivity index (χ4n) is 2.73. The second kappa shape index (κ2) is 5.94. The van der Waals surface area contributed by atoms with E-state index in [1.807, 2.05) is 0 Å². The number of sulfonamides is 1. The molecule has 1 aliphatic heterocycles. The highest BCUT2D eigenvalue weighted by Gasteiger charge is 2.58. The van der Waals surface area contributed by atoms with E-state index in [1.165, 1.54) is 6.07 Å². The molecule has 7 nitrogen and oxygen atoms in total.